The van der Waals surface area contributed by atoms with Crippen LogP contribution in [0.3, 0.4) is 0 Å². The number of aromatic hydroxyl groups is 1. The van der Waals surface area contributed by atoms with E-state index in [1.165, 1.54) is 10.9 Å². The molecule has 8 heteroatoms. The molecular weight excluding hydrogens is 384 g/mol. The van der Waals surface area contributed by atoms with E-state index in [2.05, 4.69) is 10.4 Å². The first-order valence-corrected chi connectivity index (χ1v) is 9.20. The van der Waals surface area contributed by atoms with Crippen molar-refractivity contribution in [3.05, 3.63) is 83.3 Å². The van der Waals surface area contributed by atoms with Gasteiger partial charge in [0.2, 0.25) is 0 Å². The Labute approximate surface area is 170 Å². The van der Waals surface area contributed by atoms with E-state index in [-0.39, 0.29) is 28.4 Å². The lowest BCUT2D eigenvalue weighted by molar-refractivity contribution is -0.114. The van der Waals surface area contributed by atoms with Crippen molar-refractivity contribution in [2.45, 2.75) is 6.42 Å². The molecule has 4 N–H and O–H groups in total. The highest BCUT2D eigenvalue weighted by atomic mass is 16.5. The lowest BCUT2D eigenvalue weighted by Crippen LogP contribution is -2.36. The van der Waals surface area contributed by atoms with Crippen LogP contribution in [0.4, 0.5) is 5.82 Å². The van der Waals surface area contributed by atoms with Gasteiger partial charge in [-0.2, -0.15) is 5.10 Å². The third kappa shape index (κ3) is 2.82. The molecule has 0 saturated heterocycles. The number of ether oxygens (including phenoxy) is 1. The summed E-state index contributed by atoms with van der Waals surface area (Å²) >= 11 is 0. The monoisotopic (exact) mass is 400 g/mol. The number of nitrogens with one attached hydrogen (secondary N) is 1. The summed E-state index contributed by atoms with van der Waals surface area (Å²) in [6, 6.07) is 14.0. The number of amides is 2. The maximum absolute atomic E-state index is 12.6. The second-order valence-corrected chi connectivity index (χ2v) is 6.98. The number of benzene rings is 2. The Balaban J connectivity index is 1.59. The van der Waals surface area contributed by atoms with Crippen LogP contribution < -0.4 is 15.8 Å². The van der Waals surface area contributed by atoms with Gasteiger partial charge in [-0.1, -0.05) is 18.2 Å². The molecule has 1 aromatic heterocycles. The number of aromatic nitrogens is 2. The van der Waals surface area contributed by atoms with Crippen molar-refractivity contribution in [1.29, 1.82) is 0 Å². The molecule has 30 heavy (non-hydrogen) atoms. The number of allylic oxidation sites excluding steroid dienone is 2. The molecule has 0 aliphatic carbocycles. The van der Waals surface area contributed by atoms with E-state index in [1.807, 2.05) is 18.2 Å². The molecule has 2 aromatic carbocycles. The molecular formula is C22H16N4O4. The molecule has 8 nitrogen and oxygen atoms in total. The molecule has 0 bridgehead atoms. The molecule has 0 spiro atoms. The van der Waals surface area contributed by atoms with Crippen molar-refractivity contribution in [1.82, 2.24) is 15.1 Å². The zero-order valence-corrected chi connectivity index (χ0v) is 15.6. The number of anilines is 1. The number of para-hydroxylation sites is 1. The number of carbonyl (C=O) groups is 2. The van der Waals surface area contributed by atoms with E-state index in [0.29, 0.717) is 23.4 Å². The van der Waals surface area contributed by atoms with Crippen molar-refractivity contribution in [3.63, 3.8) is 0 Å². The number of carbonyl (C=O) groups excluding carboxylic acids is 2. The van der Waals surface area contributed by atoms with E-state index in [9.17, 15) is 14.7 Å². The maximum atomic E-state index is 12.6. The zero-order valence-electron chi connectivity index (χ0n) is 15.6. The summed E-state index contributed by atoms with van der Waals surface area (Å²) in [4.78, 5) is 25.0. The van der Waals surface area contributed by atoms with Gasteiger partial charge in [0.1, 0.15) is 28.6 Å². The number of hydrogen-bond acceptors (Lipinski definition) is 6. The van der Waals surface area contributed by atoms with Crippen LogP contribution in [-0.4, -0.2) is 26.7 Å². The molecule has 0 unspecified atom stereocenters. The van der Waals surface area contributed by atoms with E-state index >= 15 is 0 Å². The second-order valence-electron chi connectivity index (χ2n) is 6.98. The van der Waals surface area contributed by atoms with Crippen LogP contribution in [0.5, 0.6) is 11.5 Å². The summed E-state index contributed by atoms with van der Waals surface area (Å²) in [5.74, 6) is -0.236. The van der Waals surface area contributed by atoms with Crippen LogP contribution >= 0.6 is 0 Å². The van der Waals surface area contributed by atoms with Gasteiger partial charge in [-0.25, -0.2) is 4.68 Å². The predicted molar refractivity (Wildman–Crippen MR) is 109 cm³/mol. The van der Waals surface area contributed by atoms with Gasteiger partial charge >= 0.3 is 0 Å². The highest BCUT2D eigenvalue weighted by Gasteiger charge is 2.34. The summed E-state index contributed by atoms with van der Waals surface area (Å²) in [5, 5.41) is 16.5. The summed E-state index contributed by atoms with van der Waals surface area (Å²) in [6.07, 6.45) is 3.60. The Hall–Kier alpha value is -4.33. The van der Waals surface area contributed by atoms with Crippen molar-refractivity contribution < 1.29 is 19.4 Å². The minimum atomic E-state index is -0.587. The number of fused-ring (bicyclic) bond motifs is 2. The first-order valence-electron chi connectivity index (χ1n) is 9.20. The van der Waals surface area contributed by atoms with Gasteiger partial charge in [0.05, 0.1) is 17.5 Å². The van der Waals surface area contributed by atoms with E-state index in [0.717, 1.165) is 5.56 Å². The molecule has 3 heterocycles. The minimum absolute atomic E-state index is 0.129. The molecule has 5 rings (SSSR count). The minimum Gasteiger partial charge on any atom is -0.508 e. The van der Waals surface area contributed by atoms with E-state index in [4.69, 9.17) is 10.5 Å². The highest BCUT2D eigenvalue weighted by Crippen LogP contribution is 2.34. The average molecular weight is 400 g/mol. The number of phenols is 1. The van der Waals surface area contributed by atoms with E-state index < -0.39 is 11.8 Å². The third-order valence-electron chi connectivity index (χ3n) is 4.98. The molecule has 0 radical (unpaired) electrons. The van der Waals surface area contributed by atoms with Crippen molar-refractivity contribution >= 4 is 23.2 Å². The number of rotatable bonds is 2. The van der Waals surface area contributed by atoms with E-state index in [1.54, 1.807) is 36.4 Å². The number of nitrogens with two attached hydrogens (primary N) is 1. The average Bonchev–Trinajstić information content (AvgIpc) is 3.09. The Morgan fingerprint density at radius 3 is 2.73 bits per heavy atom. The first kappa shape index (κ1) is 17.7. The highest BCUT2D eigenvalue weighted by molar-refractivity contribution is 6.31. The van der Waals surface area contributed by atoms with Crippen molar-refractivity contribution in [3.8, 4) is 17.2 Å². The van der Waals surface area contributed by atoms with Gasteiger partial charge in [0, 0.05) is 12.0 Å². The Kier molecular flexibility index (Phi) is 3.92. The number of nitrogen functional groups attached to an aromatic ring is 1. The molecule has 0 saturated carbocycles. The Morgan fingerprint density at radius 2 is 1.93 bits per heavy atom. The molecule has 148 valence electrons. The Bertz CT molecular complexity index is 1270. The van der Waals surface area contributed by atoms with Crippen LogP contribution in [0, 0.1) is 0 Å². The number of hydrogen-bond donors (Lipinski definition) is 3. The third-order valence-corrected chi connectivity index (χ3v) is 4.98. The fourth-order valence-electron chi connectivity index (χ4n) is 3.57. The largest absolute Gasteiger partial charge is 0.508 e. The van der Waals surface area contributed by atoms with Crippen molar-refractivity contribution in [2.24, 2.45) is 0 Å². The van der Waals surface area contributed by atoms with Crippen molar-refractivity contribution in [2.75, 3.05) is 5.73 Å². The number of nitrogens with zero attached hydrogens (tertiary/aromatic N) is 2. The molecule has 2 amide bonds. The fraction of sp³-hybridized carbons (Fsp3) is 0.0455. The summed E-state index contributed by atoms with van der Waals surface area (Å²) in [7, 11) is 0. The molecule has 3 aromatic rings. The summed E-state index contributed by atoms with van der Waals surface area (Å²) in [6.45, 7) is 0. The lowest BCUT2D eigenvalue weighted by Gasteiger charge is -2.18. The smallest absolute Gasteiger partial charge is 0.264 e. The number of imide groups is 1. The van der Waals surface area contributed by atoms with Gasteiger partial charge in [-0.3, -0.25) is 14.9 Å². The molecule has 0 fully saturated rings. The van der Waals surface area contributed by atoms with Crippen LogP contribution in [0.25, 0.3) is 11.3 Å². The molecule has 2 aliphatic rings. The van der Waals surface area contributed by atoms with Gasteiger partial charge in [0.25, 0.3) is 11.8 Å². The second kappa shape index (κ2) is 6.63. The van der Waals surface area contributed by atoms with Gasteiger partial charge < -0.3 is 15.6 Å². The SMILES string of the molecule is Nc1c2c(nn1-c1ccccc1)/C(=C\C1=COc3ccc(O)cc3C1)C(=O)NC2=O. The summed E-state index contributed by atoms with van der Waals surface area (Å²) < 4.78 is 7.05. The topological polar surface area (TPSA) is 119 Å². The van der Waals surface area contributed by atoms with Crippen LogP contribution in [0.2, 0.25) is 0 Å². The summed E-state index contributed by atoms with van der Waals surface area (Å²) in [5.41, 5.74) is 8.93. The quantitative estimate of drug-likeness (QED) is 0.449. The van der Waals surface area contributed by atoms with Gasteiger partial charge in [-0.15, -0.1) is 0 Å². The van der Waals surface area contributed by atoms with Crippen LogP contribution in [0.1, 0.15) is 21.6 Å². The van der Waals surface area contributed by atoms with Crippen LogP contribution in [0.15, 0.2) is 66.4 Å². The normalized spacial score (nSPS) is 16.4. The maximum Gasteiger partial charge on any atom is 0.264 e. The lowest BCUT2D eigenvalue weighted by atomic mass is 9.96. The zero-order chi connectivity index (χ0) is 20.8. The molecule has 2 aliphatic heterocycles. The first-order chi connectivity index (χ1) is 14.5. The fourth-order valence-corrected chi connectivity index (χ4v) is 3.57. The predicted octanol–water partition coefficient (Wildman–Crippen LogP) is 2.33. The number of phenolic OH excluding ortho intramolecular Hbond substituents is 1. The van der Waals surface area contributed by atoms with Gasteiger partial charge in [0.15, 0.2) is 0 Å². The molecule has 0 atom stereocenters. The Morgan fingerprint density at radius 1 is 1.13 bits per heavy atom. The standard InChI is InChI=1S/C22H16N4O4/c23-20-18-19(25-26(20)14-4-2-1-3-5-14)16(21(28)24-22(18)29)9-12-8-13-10-15(27)6-7-17(13)30-11-12/h1-7,9-11,27H,8,23H2,(H,24,28,29)/b16-9+. The van der Waals surface area contributed by atoms with Crippen LogP contribution in [-0.2, 0) is 11.2 Å². The van der Waals surface area contributed by atoms with Gasteiger partial charge in [-0.05, 0) is 42.0 Å².